The molecule has 0 aliphatic heterocycles. The summed E-state index contributed by atoms with van der Waals surface area (Å²) in [6.45, 7) is 1.46. The van der Waals surface area contributed by atoms with E-state index in [2.05, 4.69) is 70.2 Å². The zero-order valence-electron chi connectivity index (χ0n) is 16.0. The molecule has 154 valence electrons. The van der Waals surface area contributed by atoms with Crippen LogP contribution in [0.2, 0.25) is 0 Å². The largest absolute Gasteiger partial charge is 0.295 e. The summed E-state index contributed by atoms with van der Waals surface area (Å²) in [6.07, 6.45) is 0. The Morgan fingerprint density at radius 1 is 0.931 bits per heavy atom. The van der Waals surface area contributed by atoms with E-state index in [4.69, 9.17) is 0 Å². The van der Waals surface area contributed by atoms with Gasteiger partial charge in [0, 0.05) is 6.92 Å². The van der Waals surface area contributed by atoms with Crippen LogP contribution < -0.4 is 10.8 Å². The molecule has 29 heavy (non-hydrogen) atoms. The minimum absolute atomic E-state index is 0.138. The highest BCUT2D eigenvalue weighted by Crippen LogP contribution is 2.07. The number of hydrogen-bond donors (Lipinski definition) is 2. The van der Waals surface area contributed by atoms with Gasteiger partial charge in [-0.3, -0.25) is 10.1 Å². The smallest absolute Gasteiger partial charge is 0.240 e. The van der Waals surface area contributed by atoms with Crippen LogP contribution in [-0.2, 0) is 19.4 Å². The van der Waals surface area contributed by atoms with Crippen molar-refractivity contribution in [2.75, 3.05) is 20.6 Å². The van der Waals surface area contributed by atoms with E-state index in [1.165, 1.54) is 6.92 Å². The number of para-hydroxylation sites is 2. The summed E-state index contributed by atoms with van der Waals surface area (Å²) >= 11 is 8.83. The molecule has 0 spiro atoms. The number of aliphatic imine (C=N–C) groups is 2. The maximum absolute atomic E-state index is 10.2. The summed E-state index contributed by atoms with van der Waals surface area (Å²) in [7, 11) is 1.71. The molecule has 1 amide bonds. The highest BCUT2D eigenvalue weighted by Gasteiger charge is 1.89. The van der Waals surface area contributed by atoms with Gasteiger partial charge >= 0.3 is 0 Å². The quantitative estimate of drug-likeness (QED) is 0.162. The number of hydrogen-bond acceptors (Lipinski definition) is 9. The predicted octanol–water partition coefficient (Wildman–Crippen LogP) is 3.98. The molecule has 0 radical (unpaired) electrons. The highest BCUT2D eigenvalue weighted by molar-refractivity contribution is 7.78. The third-order valence-corrected chi connectivity index (χ3v) is 2.65. The van der Waals surface area contributed by atoms with Crippen molar-refractivity contribution in [3.05, 3.63) is 60.7 Å². The number of amides is 1. The first-order valence-corrected chi connectivity index (χ1v) is 8.99. The molecule has 10 heteroatoms. The van der Waals surface area contributed by atoms with Crippen LogP contribution >= 0.6 is 24.4 Å². The van der Waals surface area contributed by atoms with E-state index in [9.17, 15) is 4.79 Å². The van der Waals surface area contributed by atoms with Crippen molar-refractivity contribution in [1.29, 1.82) is 0 Å². The molecule has 2 N–H and O–H groups in total. The van der Waals surface area contributed by atoms with Crippen LogP contribution in [0, 0.1) is 0 Å². The molecule has 0 atom stereocenters. The molecule has 0 heterocycles. The van der Waals surface area contributed by atoms with Gasteiger partial charge < -0.3 is 0 Å². The van der Waals surface area contributed by atoms with Crippen molar-refractivity contribution in [3.63, 3.8) is 0 Å². The summed E-state index contributed by atoms with van der Waals surface area (Å²) in [6, 6.07) is 19.0. The normalized spacial score (nSPS) is 8.62. The number of benzene rings is 2. The molecule has 0 saturated heterocycles. The summed E-state index contributed by atoms with van der Waals surface area (Å²) in [5, 5.41) is 7.26. The van der Waals surface area contributed by atoms with Gasteiger partial charge in [0.2, 0.25) is 12.7 Å². The number of isothiocyanates is 2. The molecule has 2 aromatic rings. The second-order valence-corrected chi connectivity index (χ2v) is 5.10. The first-order chi connectivity index (χ1) is 14.1. The minimum Gasteiger partial charge on any atom is -0.295 e. The molecule has 0 unspecified atom stereocenters. The summed E-state index contributed by atoms with van der Waals surface area (Å²) in [5.41, 5.74) is 3.77. The van der Waals surface area contributed by atoms with Gasteiger partial charge in [-0.05, 0) is 55.7 Å². The second-order valence-electron chi connectivity index (χ2n) is 4.73. The molecule has 0 aromatic heterocycles. The van der Waals surface area contributed by atoms with Gasteiger partial charge in [0.1, 0.15) is 6.73 Å². The number of rotatable bonds is 8. The Labute approximate surface area is 180 Å². The predicted molar refractivity (Wildman–Crippen MR) is 118 cm³/mol. The molecule has 8 nitrogen and oxygen atoms in total. The maximum Gasteiger partial charge on any atom is 0.240 e. The lowest BCUT2D eigenvalue weighted by molar-refractivity contribution is -0.345. The summed E-state index contributed by atoms with van der Waals surface area (Å²) in [4.78, 5) is 31.1. The highest BCUT2D eigenvalue weighted by atomic mass is 32.1. The van der Waals surface area contributed by atoms with Crippen molar-refractivity contribution in [2.24, 2.45) is 9.98 Å². The Morgan fingerprint density at radius 2 is 1.41 bits per heavy atom. The molecule has 0 saturated carbocycles. The van der Waals surface area contributed by atoms with E-state index < -0.39 is 0 Å². The second kappa shape index (κ2) is 20.1. The van der Waals surface area contributed by atoms with E-state index in [0.29, 0.717) is 0 Å². The molecular formula is C19H22N4O4S2. The Bertz CT molecular complexity index is 713. The van der Waals surface area contributed by atoms with Crippen LogP contribution in [0.3, 0.4) is 0 Å². The summed E-state index contributed by atoms with van der Waals surface area (Å²) < 4.78 is 0. The van der Waals surface area contributed by atoms with Gasteiger partial charge in [-0.1, -0.05) is 36.4 Å². The third kappa shape index (κ3) is 18.5. The van der Waals surface area contributed by atoms with Gasteiger partial charge in [-0.2, -0.15) is 9.98 Å². The van der Waals surface area contributed by atoms with Gasteiger partial charge in [-0.25, -0.2) is 20.1 Å². The van der Waals surface area contributed by atoms with Crippen molar-refractivity contribution in [3.8, 4) is 0 Å². The Morgan fingerprint density at radius 3 is 1.79 bits per heavy atom. The Kier molecular flexibility index (Phi) is 18.3. The van der Waals surface area contributed by atoms with Crippen molar-refractivity contribution < 1.29 is 19.4 Å². The number of carbonyl (C=O) groups excluding carboxylic acids is 1. The summed E-state index contributed by atoms with van der Waals surface area (Å²) in [5.74, 6) is -0.290. The number of nitrogens with zero attached hydrogens (tertiary/aromatic N) is 2. The fourth-order valence-corrected chi connectivity index (χ4v) is 1.61. The zero-order chi connectivity index (χ0) is 21.6. The lowest BCUT2D eigenvalue weighted by Gasteiger charge is -2.03. The van der Waals surface area contributed by atoms with E-state index in [1.807, 2.05) is 60.7 Å². The number of thiocarbonyl (C=S) groups is 2. The van der Waals surface area contributed by atoms with Gasteiger partial charge in [0.15, 0.2) is 0 Å². The fraction of sp³-hybridized carbons (Fsp3) is 0.211. The topological polar surface area (TPSA) is 93.5 Å². The number of nitrogens with one attached hydrogen (secondary N) is 2. The third-order valence-electron chi connectivity index (χ3n) is 2.47. The average molecular weight is 435 g/mol. The fourth-order valence-electron chi connectivity index (χ4n) is 1.40. The number of carbonyl (C=O) groups is 1. The molecule has 0 bridgehead atoms. The van der Waals surface area contributed by atoms with Gasteiger partial charge in [0.25, 0.3) is 0 Å². The van der Waals surface area contributed by atoms with Crippen LogP contribution in [-0.4, -0.2) is 36.8 Å². The molecule has 0 aliphatic carbocycles. The SMILES string of the molecule is CNCOOCONC(C)=O.S=C=Nc1ccccc1.S=C=Nc1ccccc1. The molecular weight excluding hydrogens is 412 g/mol. The Balaban J connectivity index is 0.000000408. The minimum atomic E-state index is -0.290. The molecule has 0 fully saturated rings. The first kappa shape index (κ1) is 26.4. The van der Waals surface area contributed by atoms with Crippen LogP contribution in [0.5, 0.6) is 0 Å². The van der Waals surface area contributed by atoms with E-state index in [1.54, 1.807) is 7.05 Å². The van der Waals surface area contributed by atoms with Crippen LogP contribution in [0.1, 0.15) is 6.92 Å². The van der Waals surface area contributed by atoms with Crippen LogP contribution in [0.4, 0.5) is 11.4 Å². The average Bonchev–Trinajstić information content (AvgIpc) is 2.73. The van der Waals surface area contributed by atoms with Crippen molar-refractivity contribution >= 4 is 52.0 Å². The molecule has 2 aromatic carbocycles. The lowest BCUT2D eigenvalue weighted by Crippen LogP contribution is -2.22. The standard InChI is InChI=1S/2C7H5NS.C5H12N2O4/c2*9-6-8-7-4-2-1-3-5-7;1-5(8)7-9-4-11-10-3-6-2/h2*1-5H;6H,3-4H2,1-2H3,(H,7,8). The molecule has 0 aliphatic rings. The first-order valence-electron chi connectivity index (χ1n) is 8.17. The lowest BCUT2D eigenvalue weighted by atomic mass is 10.3. The van der Waals surface area contributed by atoms with E-state index in [0.717, 1.165) is 11.4 Å². The van der Waals surface area contributed by atoms with Gasteiger partial charge in [-0.15, -0.1) is 0 Å². The van der Waals surface area contributed by atoms with E-state index in [-0.39, 0.29) is 19.4 Å². The molecule has 2 rings (SSSR count). The van der Waals surface area contributed by atoms with Crippen molar-refractivity contribution in [1.82, 2.24) is 10.8 Å². The van der Waals surface area contributed by atoms with Crippen molar-refractivity contribution in [2.45, 2.75) is 6.92 Å². The van der Waals surface area contributed by atoms with Gasteiger partial charge in [0.05, 0.1) is 21.7 Å². The maximum atomic E-state index is 10.2. The van der Waals surface area contributed by atoms with Crippen LogP contribution in [0.15, 0.2) is 70.6 Å². The Hall–Kier alpha value is -2.65. The van der Waals surface area contributed by atoms with Crippen LogP contribution in [0.25, 0.3) is 0 Å². The van der Waals surface area contributed by atoms with E-state index >= 15 is 0 Å². The number of hydroxylamine groups is 1. The zero-order valence-corrected chi connectivity index (χ0v) is 17.7. The monoisotopic (exact) mass is 434 g/mol.